The zero-order chi connectivity index (χ0) is 21.0. The lowest BCUT2D eigenvalue weighted by Crippen LogP contribution is -2.30. The molecule has 29 heavy (non-hydrogen) atoms. The summed E-state index contributed by atoms with van der Waals surface area (Å²) in [5.74, 6) is -0.448. The number of anilines is 2. The Morgan fingerprint density at radius 2 is 2.17 bits per heavy atom. The number of esters is 1. The minimum absolute atomic E-state index is 0.0466. The SMILES string of the molecule is COc1ccc(C)cc1NC(=O)C(C)OC(=O)Cc1csc(N2CCCC2=O)n1. The molecule has 8 nitrogen and oxygen atoms in total. The molecule has 0 aliphatic carbocycles. The fourth-order valence-electron chi connectivity index (χ4n) is 2.95. The molecule has 1 aromatic heterocycles. The Labute approximate surface area is 172 Å². The van der Waals surface area contributed by atoms with Crippen molar-refractivity contribution in [1.29, 1.82) is 0 Å². The predicted octanol–water partition coefficient (Wildman–Crippen LogP) is 2.70. The molecule has 2 aromatic rings. The van der Waals surface area contributed by atoms with Crippen LogP contribution in [0.15, 0.2) is 23.6 Å². The highest BCUT2D eigenvalue weighted by Crippen LogP contribution is 2.26. The van der Waals surface area contributed by atoms with E-state index in [-0.39, 0.29) is 12.3 Å². The Morgan fingerprint density at radius 1 is 1.38 bits per heavy atom. The van der Waals surface area contributed by atoms with Crippen molar-refractivity contribution in [3.05, 3.63) is 34.8 Å². The first kappa shape index (κ1) is 20.8. The van der Waals surface area contributed by atoms with E-state index in [1.165, 1.54) is 25.4 Å². The van der Waals surface area contributed by atoms with Gasteiger partial charge in [-0.15, -0.1) is 11.3 Å². The highest BCUT2D eigenvalue weighted by molar-refractivity contribution is 7.14. The standard InChI is InChI=1S/C20H23N3O5S/c1-12-6-7-16(27-3)15(9-12)22-19(26)13(2)28-18(25)10-14-11-29-20(21-14)23-8-4-5-17(23)24/h6-7,9,11,13H,4-5,8,10H2,1-3H3,(H,22,26). The fraction of sp³-hybridized carbons (Fsp3) is 0.400. The second-order valence-electron chi connectivity index (χ2n) is 6.77. The molecule has 1 aliphatic heterocycles. The first-order valence-electron chi connectivity index (χ1n) is 9.27. The van der Waals surface area contributed by atoms with Gasteiger partial charge in [0.15, 0.2) is 11.2 Å². The van der Waals surface area contributed by atoms with Crippen LogP contribution in [0.25, 0.3) is 0 Å². The van der Waals surface area contributed by atoms with Gasteiger partial charge in [0.1, 0.15) is 5.75 Å². The number of rotatable bonds is 7. The van der Waals surface area contributed by atoms with E-state index in [2.05, 4.69) is 10.3 Å². The number of carbonyl (C=O) groups is 3. The van der Waals surface area contributed by atoms with E-state index in [0.29, 0.717) is 35.2 Å². The fourth-order valence-corrected chi connectivity index (χ4v) is 3.81. The molecule has 9 heteroatoms. The van der Waals surface area contributed by atoms with Gasteiger partial charge in [0.05, 0.1) is 24.9 Å². The van der Waals surface area contributed by atoms with Gasteiger partial charge in [-0.05, 0) is 38.0 Å². The molecular formula is C20H23N3O5S. The number of nitrogens with one attached hydrogen (secondary N) is 1. The largest absolute Gasteiger partial charge is 0.495 e. The van der Waals surface area contributed by atoms with Gasteiger partial charge < -0.3 is 14.8 Å². The molecule has 1 aliphatic rings. The first-order valence-corrected chi connectivity index (χ1v) is 10.1. The molecule has 0 saturated carbocycles. The lowest BCUT2D eigenvalue weighted by Gasteiger charge is -2.15. The van der Waals surface area contributed by atoms with Gasteiger partial charge >= 0.3 is 5.97 Å². The van der Waals surface area contributed by atoms with Gasteiger partial charge in [0.2, 0.25) is 5.91 Å². The summed E-state index contributed by atoms with van der Waals surface area (Å²) in [6, 6.07) is 5.41. The summed E-state index contributed by atoms with van der Waals surface area (Å²) in [6.45, 7) is 4.05. The number of benzene rings is 1. The first-order chi connectivity index (χ1) is 13.9. The Balaban J connectivity index is 1.55. The van der Waals surface area contributed by atoms with Gasteiger partial charge in [-0.2, -0.15) is 0 Å². The highest BCUT2D eigenvalue weighted by Gasteiger charge is 2.25. The molecule has 2 heterocycles. The molecule has 1 saturated heterocycles. The molecule has 3 rings (SSSR count). The third-order valence-electron chi connectivity index (χ3n) is 4.46. The maximum absolute atomic E-state index is 12.4. The normalized spacial score (nSPS) is 14.6. The number of amides is 2. The quantitative estimate of drug-likeness (QED) is 0.696. The molecule has 1 atom stereocenters. The van der Waals surface area contributed by atoms with Crippen LogP contribution in [0, 0.1) is 6.92 Å². The predicted molar refractivity (Wildman–Crippen MR) is 109 cm³/mol. The number of methoxy groups -OCH3 is 1. The third kappa shape index (κ3) is 5.11. The average molecular weight is 417 g/mol. The van der Waals surface area contributed by atoms with Crippen LogP contribution in [-0.4, -0.2) is 42.5 Å². The number of aromatic nitrogens is 1. The van der Waals surface area contributed by atoms with Crippen molar-refractivity contribution in [1.82, 2.24) is 4.98 Å². The van der Waals surface area contributed by atoms with Crippen LogP contribution >= 0.6 is 11.3 Å². The second kappa shape index (κ2) is 9.04. The van der Waals surface area contributed by atoms with Crippen LogP contribution in [0.5, 0.6) is 5.75 Å². The van der Waals surface area contributed by atoms with Crippen LogP contribution in [0.3, 0.4) is 0 Å². The van der Waals surface area contributed by atoms with E-state index in [9.17, 15) is 14.4 Å². The van der Waals surface area contributed by atoms with Crippen molar-refractivity contribution in [2.45, 2.75) is 39.2 Å². The minimum Gasteiger partial charge on any atom is -0.495 e. The van der Waals surface area contributed by atoms with Gasteiger partial charge in [0, 0.05) is 18.3 Å². The van der Waals surface area contributed by atoms with E-state index in [0.717, 1.165) is 12.0 Å². The Kier molecular flexibility index (Phi) is 6.48. The van der Waals surface area contributed by atoms with Crippen LogP contribution < -0.4 is 15.0 Å². The van der Waals surface area contributed by atoms with Crippen molar-refractivity contribution in [3.8, 4) is 5.75 Å². The number of aryl methyl sites for hydroxylation is 1. The summed E-state index contributed by atoms with van der Waals surface area (Å²) in [5.41, 5.74) is 1.99. The monoisotopic (exact) mass is 417 g/mol. The van der Waals surface area contributed by atoms with Crippen LogP contribution in [0.4, 0.5) is 10.8 Å². The zero-order valence-electron chi connectivity index (χ0n) is 16.6. The number of nitrogens with zero attached hydrogens (tertiary/aromatic N) is 2. The highest BCUT2D eigenvalue weighted by atomic mass is 32.1. The second-order valence-corrected chi connectivity index (χ2v) is 7.61. The lowest BCUT2D eigenvalue weighted by atomic mass is 10.2. The summed E-state index contributed by atoms with van der Waals surface area (Å²) in [7, 11) is 1.52. The van der Waals surface area contributed by atoms with Gasteiger partial charge in [-0.1, -0.05) is 6.07 Å². The number of hydrogen-bond acceptors (Lipinski definition) is 7. The van der Waals surface area contributed by atoms with Gasteiger partial charge in [-0.3, -0.25) is 19.3 Å². The van der Waals surface area contributed by atoms with E-state index in [4.69, 9.17) is 9.47 Å². The molecule has 0 radical (unpaired) electrons. The van der Waals surface area contributed by atoms with E-state index >= 15 is 0 Å². The van der Waals surface area contributed by atoms with Crippen molar-refractivity contribution in [2.24, 2.45) is 0 Å². The van der Waals surface area contributed by atoms with E-state index < -0.39 is 18.0 Å². The number of ether oxygens (including phenoxy) is 2. The summed E-state index contributed by atoms with van der Waals surface area (Å²) in [4.78, 5) is 42.4. The topological polar surface area (TPSA) is 97.8 Å². The van der Waals surface area contributed by atoms with Crippen LogP contribution in [0.1, 0.15) is 31.0 Å². The molecule has 2 amide bonds. The van der Waals surface area contributed by atoms with Gasteiger partial charge in [0.25, 0.3) is 5.91 Å². The average Bonchev–Trinajstić information content (AvgIpc) is 3.30. The maximum atomic E-state index is 12.4. The molecule has 154 valence electrons. The number of hydrogen-bond donors (Lipinski definition) is 1. The van der Waals surface area contributed by atoms with Crippen LogP contribution in [0.2, 0.25) is 0 Å². The van der Waals surface area contributed by atoms with E-state index in [1.54, 1.807) is 22.4 Å². The van der Waals surface area contributed by atoms with Crippen molar-refractivity contribution in [3.63, 3.8) is 0 Å². The van der Waals surface area contributed by atoms with Crippen molar-refractivity contribution in [2.75, 3.05) is 23.9 Å². The summed E-state index contributed by atoms with van der Waals surface area (Å²) < 4.78 is 10.5. The third-order valence-corrected chi connectivity index (χ3v) is 5.37. The Morgan fingerprint density at radius 3 is 2.86 bits per heavy atom. The zero-order valence-corrected chi connectivity index (χ0v) is 17.4. The minimum atomic E-state index is -0.981. The Hall–Kier alpha value is -2.94. The molecule has 1 unspecified atom stereocenters. The molecule has 0 spiro atoms. The molecule has 1 N–H and O–H groups in total. The van der Waals surface area contributed by atoms with Gasteiger partial charge in [-0.25, -0.2) is 4.98 Å². The number of thiazole rings is 1. The molecular weight excluding hydrogens is 394 g/mol. The molecule has 1 fully saturated rings. The lowest BCUT2D eigenvalue weighted by molar-refractivity contribution is -0.152. The Bertz CT molecular complexity index is 927. The number of carbonyl (C=O) groups excluding carboxylic acids is 3. The maximum Gasteiger partial charge on any atom is 0.312 e. The van der Waals surface area contributed by atoms with Crippen molar-refractivity contribution >= 4 is 39.9 Å². The summed E-state index contributed by atoms with van der Waals surface area (Å²) in [5, 5.41) is 5.04. The molecule has 1 aromatic carbocycles. The smallest absolute Gasteiger partial charge is 0.312 e. The molecule has 0 bridgehead atoms. The van der Waals surface area contributed by atoms with E-state index in [1.807, 2.05) is 13.0 Å². The summed E-state index contributed by atoms with van der Waals surface area (Å²) >= 11 is 1.32. The van der Waals surface area contributed by atoms with Crippen molar-refractivity contribution < 1.29 is 23.9 Å². The summed E-state index contributed by atoms with van der Waals surface area (Å²) in [6.07, 6.45) is 0.291. The van der Waals surface area contributed by atoms with Crippen LogP contribution in [-0.2, 0) is 25.5 Å².